The van der Waals surface area contributed by atoms with Gasteiger partial charge in [-0.3, -0.25) is 64.8 Å². The lowest BCUT2D eigenvalue weighted by molar-refractivity contribution is -0.684. The van der Waals surface area contributed by atoms with Crippen molar-refractivity contribution in [3.8, 4) is 11.1 Å². The van der Waals surface area contributed by atoms with Gasteiger partial charge in [0, 0.05) is 50.3 Å². The second-order valence-corrected chi connectivity index (χ2v) is 21.4. The van der Waals surface area contributed by atoms with E-state index in [0.717, 1.165) is 22.3 Å². The maximum absolute atomic E-state index is 13.6. The molecule has 25 nitrogen and oxygen atoms in total. The fourth-order valence-corrected chi connectivity index (χ4v) is 10.7. The number of anilines is 5. The Labute approximate surface area is 474 Å². The number of likely N-dealkylation sites (N-methyl/N-ethyl adjacent to an activating group) is 2. The molecule has 0 fully saturated rings. The second kappa shape index (κ2) is 29.5. The van der Waals surface area contributed by atoms with E-state index in [1.807, 2.05) is 31.2 Å². The topological polar surface area (TPSA) is 335 Å². The van der Waals surface area contributed by atoms with E-state index >= 15 is 0 Å². The van der Waals surface area contributed by atoms with Gasteiger partial charge >= 0.3 is 23.6 Å². The highest BCUT2D eigenvalue weighted by atomic mass is 32.2. The predicted molar refractivity (Wildman–Crippen MR) is 305 cm³/mol. The normalized spacial score (nSPS) is 11.1. The second-order valence-electron chi connectivity index (χ2n) is 18.1. The van der Waals surface area contributed by atoms with Gasteiger partial charge in [-0.25, -0.2) is 16.8 Å². The van der Waals surface area contributed by atoms with Crippen molar-refractivity contribution >= 4 is 83.9 Å². The molecular formula is C55H65N12O13S2+. The Kier molecular flexibility index (Phi) is 22.4. The molecule has 1 aromatic heterocycles. The molecule has 0 saturated heterocycles. The molecule has 5 aromatic carbocycles. The van der Waals surface area contributed by atoms with Gasteiger partial charge in [0.25, 0.3) is 31.9 Å². The lowest BCUT2D eigenvalue weighted by Gasteiger charge is -2.17. The molecule has 27 heteroatoms. The van der Waals surface area contributed by atoms with Crippen LogP contribution < -0.4 is 62.5 Å². The molecule has 0 saturated carbocycles. The summed E-state index contributed by atoms with van der Waals surface area (Å²) in [7, 11) is -5.50. The summed E-state index contributed by atoms with van der Waals surface area (Å²) >= 11 is 0. The number of hydroxylamine groups is 1. The minimum absolute atomic E-state index is 0.0663. The lowest BCUT2D eigenvalue weighted by atomic mass is 9.95. The highest BCUT2D eigenvalue weighted by Crippen LogP contribution is 2.33. The molecule has 6 amide bonds. The van der Waals surface area contributed by atoms with Crippen LogP contribution in [0.1, 0.15) is 38.2 Å². The number of nitrogens with one attached hydrogen (secondary N) is 11. The molecule has 434 valence electrons. The molecule has 0 bridgehead atoms. The first-order valence-electron chi connectivity index (χ1n) is 25.4. The van der Waals surface area contributed by atoms with Crippen molar-refractivity contribution in [2.45, 2.75) is 50.6 Å². The molecule has 6 rings (SSSR count). The van der Waals surface area contributed by atoms with Crippen LogP contribution in [0.4, 0.5) is 28.4 Å². The maximum atomic E-state index is 13.6. The van der Waals surface area contributed by atoms with Gasteiger partial charge in [0.05, 0.1) is 54.2 Å². The number of pyridine rings is 1. The van der Waals surface area contributed by atoms with Crippen LogP contribution in [0.5, 0.6) is 0 Å². The Balaban J connectivity index is 0.867. The van der Waals surface area contributed by atoms with Crippen molar-refractivity contribution in [2.24, 2.45) is 0 Å². The Morgan fingerprint density at radius 3 is 1.67 bits per heavy atom. The van der Waals surface area contributed by atoms with Gasteiger partial charge in [-0.05, 0) is 139 Å². The summed E-state index contributed by atoms with van der Waals surface area (Å²) in [6, 6.07) is 29.2. The van der Waals surface area contributed by atoms with Gasteiger partial charge in [-0.2, -0.15) is 10.0 Å². The fraction of sp³-hybridized carbons (Fsp3) is 0.255. The monoisotopic (exact) mass is 1170 g/mol. The Hall–Kier alpha value is -8.99. The average Bonchev–Trinajstić information content (AvgIpc) is 3.66. The lowest BCUT2D eigenvalue weighted by Crippen LogP contribution is -2.41. The van der Waals surface area contributed by atoms with Crippen LogP contribution in [-0.2, 0) is 71.5 Å². The van der Waals surface area contributed by atoms with E-state index in [-0.39, 0.29) is 60.0 Å². The first-order valence-corrected chi connectivity index (χ1v) is 28.3. The summed E-state index contributed by atoms with van der Waals surface area (Å²) in [6.07, 6.45) is 3.14. The maximum Gasteiger partial charge on any atom is 0.327 e. The van der Waals surface area contributed by atoms with Gasteiger partial charge in [0.2, 0.25) is 6.54 Å². The van der Waals surface area contributed by atoms with E-state index in [2.05, 4.69) is 57.9 Å². The molecule has 6 aromatic rings. The van der Waals surface area contributed by atoms with Crippen LogP contribution in [0.15, 0.2) is 131 Å². The summed E-state index contributed by atoms with van der Waals surface area (Å²) < 4.78 is 72.1. The van der Waals surface area contributed by atoms with E-state index < -0.39 is 49.6 Å². The zero-order valence-corrected chi connectivity index (χ0v) is 47.4. The molecule has 82 heavy (non-hydrogen) atoms. The van der Waals surface area contributed by atoms with Crippen molar-refractivity contribution in [1.29, 1.82) is 0 Å². The van der Waals surface area contributed by atoms with Crippen molar-refractivity contribution in [2.75, 3.05) is 79.2 Å². The number of nitrogens with zero attached hydrogens (tertiary/aromatic N) is 1. The van der Waals surface area contributed by atoms with Gasteiger partial charge in [-0.1, -0.05) is 30.3 Å². The Bertz CT molecular complexity index is 3510. The smallest absolute Gasteiger partial charge is 0.327 e. The zero-order valence-electron chi connectivity index (χ0n) is 45.8. The number of carbonyl (C=O) groups is 6. The molecule has 0 atom stereocenters. The number of carbonyl (C=O) groups excluding carboxylic acids is 6. The summed E-state index contributed by atoms with van der Waals surface area (Å²) in [5.41, 5.74) is 19.2. The van der Waals surface area contributed by atoms with E-state index in [9.17, 15) is 45.6 Å². The van der Waals surface area contributed by atoms with Crippen LogP contribution in [-0.4, -0.2) is 106 Å². The third-order valence-electron chi connectivity index (χ3n) is 12.1. The van der Waals surface area contributed by atoms with Crippen molar-refractivity contribution in [1.82, 2.24) is 32.3 Å². The van der Waals surface area contributed by atoms with Crippen LogP contribution in [0.3, 0.4) is 0 Å². The van der Waals surface area contributed by atoms with Crippen LogP contribution in [0.25, 0.3) is 11.1 Å². The highest BCUT2D eigenvalue weighted by Gasteiger charge is 2.24. The summed E-state index contributed by atoms with van der Waals surface area (Å²) in [5, 5.41) is 10.0. The number of aromatic nitrogens is 1. The molecule has 0 unspecified atom stereocenters. The highest BCUT2D eigenvalue weighted by molar-refractivity contribution is 7.93. The zero-order chi connectivity index (χ0) is 59.4. The minimum atomic E-state index is -4.13. The molecule has 0 aliphatic carbocycles. The number of amides is 6. The molecule has 0 aliphatic rings. The third kappa shape index (κ3) is 17.8. The average molecular weight is 1170 g/mol. The number of hydrazine groups is 2. The number of hydrogen-bond donors (Lipinski definition) is 11. The quantitative estimate of drug-likeness (QED) is 0.0153. The number of hydrogen-bond acceptors (Lipinski definition) is 16. The summed E-state index contributed by atoms with van der Waals surface area (Å²) in [4.78, 5) is 78.2. The van der Waals surface area contributed by atoms with Crippen molar-refractivity contribution in [3.05, 3.63) is 155 Å². The van der Waals surface area contributed by atoms with Crippen molar-refractivity contribution < 1.29 is 64.5 Å². The molecule has 0 spiro atoms. The van der Waals surface area contributed by atoms with Crippen LogP contribution in [0.2, 0.25) is 0 Å². The fourth-order valence-electron chi connectivity index (χ4n) is 8.03. The largest absolute Gasteiger partial charge is 0.378 e. The molecule has 1 heterocycles. The van der Waals surface area contributed by atoms with Gasteiger partial charge < -0.3 is 30.7 Å². The van der Waals surface area contributed by atoms with E-state index in [4.69, 9.17) is 14.3 Å². The summed E-state index contributed by atoms with van der Waals surface area (Å²) in [6.45, 7) is 8.73. The molecule has 0 radical (unpaired) electrons. The standard InChI is InChI=1S/C55H64N12O13S2/c1-35-12-22-46(81(74,75)65-44-18-14-42(15-19-44)61-63-54(72)52(70)56-5)37(3)49(35)40-10-7-9-39(31-40)34-80-59-25-28-79-30-29-78-27-24-58-51(69)41-11-8-26-67(32-41)33-48(68)60-50-36(2)13-23-47(38(50)4)82(76,77)66-45-20-16-43(17-21-45)62-64-55(73)53(71)57-6/h7-23,26,31-32,59H,24-25,27-30,33-34H2,1-6H3,(H9-,56,57,58,60,61,62,63,64,65,66,68,69,70,71,72,73)/p+1. The van der Waals surface area contributed by atoms with Gasteiger partial charge in [0.15, 0.2) is 12.4 Å². The molecule has 11 N–H and O–H groups in total. The first kappa shape index (κ1) is 62.2. The number of ether oxygens (including phenoxy) is 2. The number of aryl methyl sites for hydroxylation is 2. The van der Waals surface area contributed by atoms with Gasteiger partial charge in [0.1, 0.15) is 5.56 Å². The molecule has 0 aliphatic heterocycles. The SMILES string of the molecule is CNC(=O)C(=O)NNc1ccc(NS(=O)(=O)c2ccc(C)c(NC(=O)C[n+]3cccc(C(=O)NCCOCCOCCNOCc4cccc(-c5c(C)ccc(S(=O)(=O)Nc6ccc(NNC(=O)C(=O)NC)cc6)c5C)c4)c3)c2C)cc1. The van der Waals surface area contributed by atoms with Crippen LogP contribution >= 0.6 is 0 Å². The first-order chi connectivity index (χ1) is 39.2. The summed E-state index contributed by atoms with van der Waals surface area (Å²) in [5.74, 6) is -4.31. The minimum Gasteiger partial charge on any atom is -0.378 e. The number of rotatable bonds is 27. The van der Waals surface area contributed by atoms with Gasteiger partial charge in [-0.15, -0.1) is 0 Å². The number of sulfonamides is 2. The Morgan fingerprint density at radius 1 is 0.561 bits per heavy atom. The predicted octanol–water partition coefficient (Wildman–Crippen LogP) is 2.98. The van der Waals surface area contributed by atoms with E-state index in [0.29, 0.717) is 59.1 Å². The Morgan fingerprint density at radius 2 is 1.10 bits per heavy atom. The van der Waals surface area contributed by atoms with E-state index in [1.165, 1.54) is 79.5 Å². The number of benzene rings is 5. The van der Waals surface area contributed by atoms with Crippen molar-refractivity contribution in [3.63, 3.8) is 0 Å². The molecular weight excluding hydrogens is 1100 g/mol. The third-order valence-corrected chi connectivity index (χ3v) is 15.2. The van der Waals surface area contributed by atoms with E-state index in [1.54, 1.807) is 57.3 Å². The van der Waals surface area contributed by atoms with Crippen LogP contribution in [0, 0.1) is 27.7 Å².